The molecule has 1 heterocycles. The summed E-state index contributed by atoms with van der Waals surface area (Å²) in [5.74, 6) is -0.00532. The Balaban J connectivity index is 1.68. The maximum Gasteiger partial charge on any atom is 0.220 e. The summed E-state index contributed by atoms with van der Waals surface area (Å²) in [6.07, 6.45) is 3.04. The summed E-state index contributed by atoms with van der Waals surface area (Å²) in [6, 6.07) is 7.87. The Bertz CT molecular complexity index is 504. The summed E-state index contributed by atoms with van der Waals surface area (Å²) in [7, 11) is 0. The number of hydrogen-bond donors (Lipinski definition) is 1. The first-order valence-corrected chi connectivity index (χ1v) is 8.17. The number of rotatable bonds is 7. The van der Waals surface area contributed by atoms with Crippen molar-refractivity contribution >= 4 is 11.7 Å². The number of nitrogens with zero attached hydrogens (tertiary/aromatic N) is 1. The molecule has 4 heteroatoms. The average Bonchev–Trinajstić information content (AvgIpc) is 3.05. The molecule has 2 rings (SSSR count). The van der Waals surface area contributed by atoms with Crippen molar-refractivity contribution in [2.24, 2.45) is 0 Å². The fourth-order valence-electron chi connectivity index (χ4n) is 2.77. The molecule has 0 radical (unpaired) electrons. The number of Topliss-reactive ketones (excluding diaryl/α,β-unsaturated/α-hetero) is 1. The summed E-state index contributed by atoms with van der Waals surface area (Å²) in [5, 5.41) is 2.94. The maximum absolute atomic E-state index is 12.0. The number of likely N-dealkylation sites (tertiary alicyclic amines) is 1. The van der Waals surface area contributed by atoms with Crippen molar-refractivity contribution in [1.29, 1.82) is 0 Å². The molecule has 1 unspecified atom stereocenters. The number of ketones is 1. The molecule has 0 aromatic heterocycles. The third kappa shape index (κ3) is 4.95. The van der Waals surface area contributed by atoms with Gasteiger partial charge in [0.2, 0.25) is 5.91 Å². The van der Waals surface area contributed by atoms with E-state index in [1.54, 1.807) is 0 Å². The number of carbonyl (C=O) groups is 2. The van der Waals surface area contributed by atoms with Crippen molar-refractivity contribution in [1.82, 2.24) is 10.2 Å². The summed E-state index contributed by atoms with van der Waals surface area (Å²) in [4.78, 5) is 26.3. The molecule has 1 aromatic carbocycles. The van der Waals surface area contributed by atoms with Crippen molar-refractivity contribution in [2.75, 3.05) is 19.6 Å². The van der Waals surface area contributed by atoms with Gasteiger partial charge in [-0.15, -0.1) is 0 Å². The molecule has 1 saturated heterocycles. The highest BCUT2D eigenvalue weighted by molar-refractivity contribution is 5.97. The van der Waals surface area contributed by atoms with E-state index in [4.69, 9.17) is 0 Å². The van der Waals surface area contributed by atoms with E-state index in [2.05, 4.69) is 17.1 Å². The van der Waals surface area contributed by atoms with E-state index in [0.29, 0.717) is 18.2 Å². The highest BCUT2D eigenvalue weighted by atomic mass is 16.2. The predicted molar refractivity (Wildman–Crippen MR) is 88.0 cm³/mol. The van der Waals surface area contributed by atoms with Crippen LogP contribution in [0.15, 0.2) is 24.3 Å². The minimum absolute atomic E-state index is 0.0303. The number of benzene rings is 1. The van der Waals surface area contributed by atoms with Crippen LogP contribution in [0.2, 0.25) is 0 Å². The number of carbonyl (C=O) groups excluding carboxylic acids is 2. The first kappa shape index (κ1) is 16.7. The van der Waals surface area contributed by atoms with E-state index in [-0.39, 0.29) is 24.5 Å². The largest absolute Gasteiger partial charge is 0.355 e. The zero-order valence-corrected chi connectivity index (χ0v) is 13.6. The zero-order chi connectivity index (χ0) is 15.9. The normalized spacial score (nSPS) is 16.5. The fraction of sp³-hybridized carbons (Fsp3) is 0.556. The maximum atomic E-state index is 12.0. The van der Waals surface area contributed by atoms with E-state index in [1.807, 2.05) is 31.2 Å². The number of amides is 1. The molecule has 22 heavy (non-hydrogen) atoms. The topological polar surface area (TPSA) is 49.4 Å². The Morgan fingerprint density at radius 3 is 2.41 bits per heavy atom. The number of nitrogens with one attached hydrogen (secondary N) is 1. The van der Waals surface area contributed by atoms with Gasteiger partial charge in [0.1, 0.15) is 0 Å². The van der Waals surface area contributed by atoms with Crippen LogP contribution < -0.4 is 5.32 Å². The molecule has 0 spiro atoms. The second-order valence-electron chi connectivity index (χ2n) is 6.19. The Morgan fingerprint density at radius 2 is 1.77 bits per heavy atom. The third-order valence-electron chi connectivity index (χ3n) is 4.31. The first-order valence-electron chi connectivity index (χ1n) is 8.17. The van der Waals surface area contributed by atoms with Crippen molar-refractivity contribution in [3.8, 4) is 0 Å². The van der Waals surface area contributed by atoms with Gasteiger partial charge in [0.25, 0.3) is 0 Å². The average molecular weight is 302 g/mol. The fourth-order valence-corrected chi connectivity index (χ4v) is 2.77. The molecule has 1 fully saturated rings. The van der Waals surface area contributed by atoms with Crippen LogP contribution in [0.25, 0.3) is 0 Å². The van der Waals surface area contributed by atoms with E-state index >= 15 is 0 Å². The van der Waals surface area contributed by atoms with Gasteiger partial charge >= 0.3 is 0 Å². The van der Waals surface area contributed by atoms with Gasteiger partial charge in [-0.25, -0.2) is 0 Å². The van der Waals surface area contributed by atoms with Crippen LogP contribution >= 0.6 is 0 Å². The quantitative estimate of drug-likeness (QED) is 0.788. The zero-order valence-electron chi connectivity index (χ0n) is 13.6. The number of aryl methyl sites for hydroxylation is 1. The van der Waals surface area contributed by atoms with Crippen LogP contribution in [0.3, 0.4) is 0 Å². The van der Waals surface area contributed by atoms with Gasteiger partial charge < -0.3 is 5.32 Å². The third-order valence-corrected chi connectivity index (χ3v) is 4.31. The molecule has 1 N–H and O–H groups in total. The van der Waals surface area contributed by atoms with E-state index in [0.717, 1.165) is 18.7 Å². The van der Waals surface area contributed by atoms with Crippen molar-refractivity contribution < 1.29 is 9.59 Å². The van der Waals surface area contributed by atoms with E-state index < -0.39 is 0 Å². The lowest BCUT2D eigenvalue weighted by Crippen LogP contribution is -2.40. The lowest BCUT2D eigenvalue weighted by Gasteiger charge is -2.23. The van der Waals surface area contributed by atoms with Crippen molar-refractivity contribution in [3.05, 3.63) is 35.4 Å². The Kier molecular flexibility index (Phi) is 6.13. The predicted octanol–water partition coefficient (Wildman–Crippen LogP) is 2.56. The lowest BCUT2D eigenvalue weighted by molar-refractivity contribution is -0.121. The Labute approximate surface area is 132 Å². The van der Waals surface area contributed by atoms with Crippen molar-refractivity contribution in [2.45, 2.75) is 45.6 Å². The molecule has 0 bridgehead atoms. The van der Waals surface area contributed by atoms with Gasteiger partial charge in [0.05, 0.1) is 0 Å². The highest BCUT2D eigenvalue weighted by Gasteiger charge is 2.18. The molecule has 0 aliphatic carbocycles. The Morgan fingerprint density at radius 1 is 1.14 bits per heavy atom. The monoisotopic (exact) mass is 302 g/mol. The van der Waals surface area contributed by atoms with Crippen molar-refractivity contribution in [3.63, 3.8) is 0 Å². The van der Waals surface area contributed by atoms with Crippen LogP contribution in [0.1, 0.15) is 48.5 Å². The molecular formula is C18H26N2O2. The Hall–Kier alpha value is -1.68. The second kappa shape index (κ2) is 8.08. The van der Waals surface area contributed by atoms with Gasteiger partial charge in [-0.05, 0) is 39.8 Å². The molecule has 1 amide bonds. The van der Waals surface area contributed by atoms with E-state index in [9.17, 15) is 9.59 Å². The molecule has 120 valence electrons. The summed E-state index contributed by atoms with van der Waals surface area (Å²) in [5.41, 5.74) is 1.81. The SMILES string of the molecule is Cc1ccc(C(=O)CCC(=O)NCC(C)N2CCCC2)cc1. The van der Waals surface area contributed by atoms with Gasteiger partial charge in [-0.2, -0.15) is 0 Å². The minimum Gasteiger partial charge on any atom is -0.355 e. The van der Waals surface area contributed by atoms with Gasteiger partial charge in [-0.3, -0.25) is 14.5 Å². The van der Waals surface area contributed by atoms with Crippen LogP contribution in [0, 0.1) is 6.92 Å². The van der Waals surface area contributed by atoms with Gasteiger partial charge in [-0.1, -0.05) is 29.8 Å². The first-order chi connectivity index (χ1) is 10.6. The van der Waals surface area contributed by atoms with Crippen LogP contribution in [-0.2, 0) is 4.79 Å². The minimum atomic E-state index is -0.0356. The van der Waals surface area contributed by atoms with Crippen LogP contribution in [0.4, 0.5) is 0 Å². The number of hydrogen-bond acceptors (Lipinski definition) is 3. The lowest BCUT2D eigenvalue weighted by atomic mass is 10.0. The molecule has 0 saturated carbocycles. The standard InChI is InChI=1S/C18H26N2O2/c1-14-5-7-16(8-6-14)17(21)9-10-18(22)19-13-15(2)20-11-3-4-12-20/h5-8,15H,3-4,9-13H2,1-2H3,(H,19,22). The molecule has 1 aromatic rings. The molecule has 1 aliphatic heterocycles. The van der Waals surface area contributed by atoms with Crippen LogP contribution in [-0.4, -0.2) is 42.3 Å². The molecule has 1 atom stereocenters. The smallest absolute Gasteiger partial charge is 0.220 e. The van der Waals surface area contributed by atoms with Crippen LogP contribution in [0.5, 0.6) is 0 Å². The van der Waals surface area contributed by atoms with Gasteiger partial charge in [0.15, 0.2) is 5.78 Å². The molecular weight excluding hydrogens is 276 g/mol. The van der Waals surface area contributed by atoms with E-state index in [1.165, 1.54) is 12.8 Å². The van der Waals surface area contributed by atoms with Gasteiger partial charge in [0, 0.05) is 31.0 Å². The molecule has 4 nitrogen and oxygen atoms in total. The second-order valence-corrected chi connectivity index (χ2v) is 6.19. The summed E-state index contributed by atoms with van der Waals surface area (Å²) < 4.78 is 0. The molecule has 1 aliphatic rings. The summed E-state index contributed by atoms with van der Waals surface area (Å²) >= 11 is 0. The highest BCUT2D eigenvalue weighted by Crippen LogP contribution is 2.11. The summed E-state index contributed by atoms with van der Waals surface area (Å²) in [6.45, 7) is 7.05.